The summed E-state index contributed by atoms with van der Waals surface area (Å²) in [6, 6.07) is -0.0744. The molecule has 2 fully saturated rings. The Balaban J connectivity index is 1.79. The lowest BCUT2D eigenvalue weighted by molar-refractivity contribution is -0.123. The Morgan fingerprint density at radius 2 is 2.14 bits per heavy atom. The van der Waals surface area contributed by atoms with Gasteiger partial charge in [0.1, 0.15) is 0 Å². The third kappa shape index (κ3) is 4.91. The van der Waals surface area contributed by atoms with E-state index >= 15 is 0 Å². The molecule has 1 amide bonds. The molecule has 2 atom stereocenters. The summed E-state index contributed by atoms with van der Waals surface area (Å²) in [6.07, 6.45) is 4.50. The molecular formula is C14H28N4O3S. The van der Waals surface area contributed by atoms with Gasteiger partial charge < -0.3 is 10.6 Å². The SMILES string of the molecule is CCCNS(=O)(=O)N1CCCC(CNC(=O)C2CCCN2)C1. The predicted molar refractivity (Wildman–Crippen MR) is 85.5 cm³/mol. The van der Waals surface area contributed by atoms with Gasteiger partial charge in [0, 0.05) is 26.2 Å². The van der Waals surface area contributed by atoms with Crippen molar-refractivity contribution < 1.29 is 13.2 Å². The maximum Gasteiger partial charge on any atom is 0.279 e. The molecule has 7 nitrogen and oxygen atoms in total. The Kier molecular flexibility index (Phi) is 6.61. The summed E-state index contributed by atoms with van der Waals surface area (Å²) in [4.78, 5) is 12.0. The van der Waals surface area contributed by atoms with Crippen LogP contribution < -0.4 is 15.4 Å². The van der Waals surface area contributed by atoms with Gasteiger partial charge in [0.15, 0.2) is 0 Å². The molecule has 0 radical (unpaired) electrons. The molecule has 0 aromatic heterocycles. The predicted octanol–water partition coefficient (Wildman–Crippen LogP) is -0.189. The molecule has 2 unspecified atom stereocenters. The van der Waals surface area contributed by atoms with Gasteiger partial charge in [0.05, 0.1) is 6.04 Å². The van der Waals surface area contributed by atoms with Crippen LogP contribution in [0.1, 0.15) is 39.0 Å². The molecule has 0 aromatic rings. The quantitative estimate of drug-likeness (QED) is 0.603. The Labute approximate surface area is 133 Å². The maximum absolute atomic E-state index is 12.2. The number of nitrogens with zero attached hydrogens (tertiary/aromatic N) is 1. The monoisotopic (exact) mass is 332 g/mol. The van der Waals surface area contributed by atoms with Crippen molar-refractivity contribution in [3.05, 3.63) is 0 Å². The third-order valence-electron chi connectivity index (χ3n) is 4.30. The summed E-state index contributed by atoms with van der Waals surface area (Å²) in [6.45, 7) is 4.90. The zero-order valence-electron chi connectivity index (χ0n) is 13.3. The summed E-state index contributed by atoms with van der Waals surface area (Å²) in [5.41, 5.74) is 0. The van der Waals surface area contributed by atoms with Crippen molar-refractivity contribution in [1.82, 2.24) is 19.7 Å². The lowest BCUT2D eigenvalue weighted by atomic mass is 9.99. The highest BCUT2D eigenvalue weighted by molar-refractivity contribution is 7.87. The highest BCUT2D eigenvalue weighted by atomic mass is 32.2. The van der Waals surface area contributed by atoms with E-state index in [2.05, 4.69) is 15.4 Å². The molecular weight excluding hydrogens is 304 g/mol. The molecule has 8 heteroatoms. The molecule has 22 heavy (non-hydrogen) atoms. The van der Waals surface area contributed by atoms with Crippen LogP contribution in [0.3, 0.4) is 0 Å². The zero-order valence-corrected chi connectivity index (χ0v) is 14.1. The minimum absolute atomic E-state index is 0.0431. The van der Waals surface area contributed by atoms with Crippen LogP contribution in [0.15, 0.2) is 0 Å². The maximum atomic E-state index is 12.2. The number of carbonyl (C=O) groups is 1. The van der Waals surface area contributed by atoms with Gasteiger partial charge in [-0.2, -0.15) is 12.7 Å². The van der Waals surface area contributed by atoms with Crippen LogP contribution in [-0.4, -0.2) is 57.4 Å². The van der Waals surface area contributed by atoms with Crippen LogP contribution >= 0.6 is 0 Å². The lowest BCUT2D eigenvalue weighted by Crippen LogP contribution is -2.49. The largest absolute Gasteiger partial charge is 0.354 e. The first-order chi connectivity index (χ1) is 10.5. The number of nitrogens with one attached hydrogen (secondary N) is 3. The molecule has 0 bridgehead atoms. The van der Waals surface area contributed by atoms with Gasteiger partial charge in [-0.05, 0) is 44.6 Å². The molecule has 0 aromatic carbocycles. The number of piperidine rings is 1. The molecule has 2 aliphatic heterocycles. The van der Waals surface area contributed by atoms with Gasteiger partial charge in [-0.15, -0.1) is 0 Å². The zero-order chi connectivity index (χ0) is 16.0. The van der Waals surface area contributed by atoms with Crippen molar-refractivity contribution in [2.45, 2.75) is 45.1 Å². The molecule has 2 aliphatic rings. The first-order valence-corrected chi connectivity index (χ1v) is 9.72. The third-order valence-corrected chi connectivity index (χ3v) is 5.88. The van der Waals surface area contributed by atoms with E-state index in [1.165, 1.54) is 4.31 Å². The Bertz CT molecular complexity index is 463. The molecule has 2 saturated heterocycles. The van der Waals surface area contributed by atoms with Gasteiger partial charge in [-0.1, -0.05) is 6.92 Å². The number of rotatable bonds is 7. The first-order valence-electron chi connectivity index (χ1n) is 8.28. The van der Waals surface area contributed by atoms with Crippen molar-refractivity contribution in [2.75, 3.05) is 32.7 Å². The standard InChI is InChI=1S/C14H28N4O3S/c1-2-7-17-22(20,21)18-9-4-5-12(11-18)10-16-14(19)13-6-3-8-15-13/h12-13,15,17H,2-11H2,1H3,(H,16,19). The topological polar surface area (TPSA) is 90.5 Å². The van der Waals surface area contributed by atoms with Crippen LogP contribution in [0.4, 0.5) is 0 Å². The molecule has 128 valence electrons. The summed E-state index contributed by atoms with van der Waals surface area (Å²) in [5.74, 6) is 0.235. The van der Waals surface area contributed by atoms with E-state index in [9.17, 15) is 13.2 Å². The van der Waals surface area contributed by atoms with E-state index in [4.69, 9.17) is 0 Å². The molecule has 0 spiro atoms. The summed E-state index contributed by atoms with van der Waals surface area (Å²) >= 11 is 0. The van der Waals surface area contributed by atoms with E-state index < -0.39 is 10.2 Å². The molecule has 2 heterocycles. The summed E-state index contributed by atoms with van der Waals surface area (Å²) < 4.78 is 28.4. The van der Waals surface area contributed by atoms with E-state index in [-0.39, 0.29) is 17.9 Å². The van der Waals surface area contributed by atoms with Crippen molar-refractivity contribution in [3.63, 3.8) is 0 Å². The van der Waals surface area contributed by atoms with E-state index in [0.717, 1.165) is 38.6 Å². The summed E-state index contributed by atoms with van der Waals surface area (Å²) in [7, 11) is -3.37. The second-order valence-corrected chi connectivity index (χ2v) is 7.91. The Hall–Kier alpha value is -0.700. The fourth-order valence-corrected chi connectivity index (χ4v) is 4.43. The van der Waals surface area contributed by atoms with Crippen molar-refractivity contribution in [3.8, 4) is 0 Å². The van der Waals surface area contributed by atoms with Crippen molar-refractivity contribution >= 4 is 16.1 Å². The van der Waals surface area contributed by atoms with E-state index in [0.29, 0.717) is 26.2 Å². The van der Waals surface area contributed by atoms with Gasteiger partial charge in [-0.25, -0.2) is 4.72 Å². The van der Waals surface area contributed by atoms with Crippen LogP contribution in [0, 0.1) is 5.92 Å². The highest BCUT2D eigenvalue weighted by Gasteiger charge is 2.29. The van der Waals surface area contributed by atoms with Crippen LogP contribution in [0.25, 0.3) is 0 Å². The fourth-order valence-electron chi connectivity index (χ4n) is 3.01. The normalized spacial score (nSPS) is 27.0. The molecule has 2 rings (SSSR count). The van der Waals surface area contributed by atoms with Crippen LogP contribution in [-0.2, 0) is 15.0 Å². The average molecular weight is 332 g/mol. The number of amides is 1. The average Bonchev–Trinajstić information content (AvgIpc) is 3.05. The lowest BCUT2D eigenvalue weighted by Gasteiger charge is -2.32. The molecule has 0 saturated carbocycles. The minimum Gasteiger partial charge on any atom is -0.354 e. The number of carbonyl (C=O) groups excluding carboxylic acids is 1. The Morgan fingerprint density at radius 1 is 1.32 bits per heavy atom. The highest BCUT2D eigenvalue weighted by Crippen LogP contribution is 2.18. The van der Waals surface area contributed by atoms with Crippen LogP contribution in [0.2, 0.25) is 0 Å². The fraction of sp³-hybridized carbons (Fsp3) is 0.929. The second-order valence-electron chi connectivity index (χ2n) is 6.16. The van der Waals surface area contributed by atoms with Gasteiger partial charge >= 0.3 is 0 Å². The van der Waals surface area contributed by atoms with Gasteiger partial charge in [-0.3, -0.25) is 4.79 Å². The molecule has 3 N–H and O–H groups in total. The minimum atomic E-state index is -3.37. The smallest absolute Gasteiger partial charge is 0.279 e. The van der Waals surface area contributed by atoms with E-state index in [1.807, 2.05) is 6.92 Å². The molecule has 0 aliphatic carbocycles. The number of hydrogen-bond acceptors (Lipinski definition) is 4. The van der Waals surface area contributed by atoms with Gasteiger partial charge in [0.2, 0.25) is 5.91 Å². The second kappa shape index (κ2) is 8.24. The number of hydrogen-bond donors (Lipinski definition) is 3. The summed E-state index contributed by atoms with van der Waals surface area (Å²) in [5, 5.41) is 6.14. The van der Waals surface area contributed by atoms with Crippen LogP contribution in [0.5, 0.6) is 0 Å². The Morgan fingerprint density at radius 3 is 2.82 bits per heavy atom. The van der Waals surface area contributed by atoms with E-state index in [1.54, 1.807) is 0 Å². The first kappa shape index (κ1) is 17.7. The van der Waals surface area contributed by atoms with Crippen molar-refractivity contribution in [1.29, 1.82) is 0 Å². The van der Waals surface area contributed by atoms with Gasteiger partial charge in [0.25, 0.3) is 10.2 Å². The van der Waals surface area contributed by atoms with Crippen molar-refractivity contribution in [2.24, 2.45) is 5.92 Å².